The van der Waals surface area contributed by atoms with E-state index >= 15 is 4.39 Å². The molecule has 0 aromatic heterocycles. The fraction of sp³-hybridized carbons (Fsp3) is 0.619. The lowest BCUT2D eigenvalue weighted by atomic mass is 9.47. The summed E-state index contributed by atoms with van der Waals surface area (Å²) in [6.45, 7) is 2.25. The maximum Gasteiger partial charge on any atom is 0.195 e. The van der Waals surface area contributed by atoms with Crippen LogP contribution in [0.3, 0.4) is 0 Å². The van der Waals surface area contributed by atoms with E-state index in [1.807, 2.05) is 13.0 Å². The van der Waals surface area contributed by atoms with Crippen LogP contribution in [0.25, 0.3) is 0 Å². The summed E-state index contributed by atoms with van der Waals surface area (Å²) in [4.78, 5) is 22.7. The molecule has 0 radical (unpaired) electrons. The van der Waals surface area contributed by atoms with Gasteiger partial charge in [-0.3, -0.25) is 9.59 Å². The highest BCUT2D eigenvalue weighted by atomic mass is 35.5. The standard InChI is InChI=1S/C21H23ClF2O3/c1-18-7-5-13(25)9-12(18)3-4-15-14-6-8-20(27,17(26)11-23)19(14,2)10-16(24)21(15,18)22/h3-5,7,9,14-16,27H,6,8,10-11H2,1-2H3/t14-,15-,16-,18-,19-,20-,21-/m0/s1. The second kappa shape index (κ2) is 5.60. The smallest absolute Gasteiger partial charge is 0.195 e. The molecule has 6 heteroatoms. The van der Waals surface area contributed by atoms with E-state index in [0.717, 1.165) is 0 Å². The van der Waals surface area contributed by atoms with Crippen molar-refractivity contribution >= 4 is 23.2 Å². The van der Waals surface area contributed by atoms with Crippen molar-refractivity contribution in [1.29, 1.82) is 0 Å². The van der Waals surface area contributed by atoms with Gasteiger partial charge >= 0.3 is 0 Å². The van der Waals surface area contributed by atoms with E-state index in [0.29, 0.717) is 12.0 Å². The molecular weight excluding hydrogens is 374 g/mol. The van der Waals surface area contributed by atoms with Gasteiger partial charge in [-0.1, -0.05) is 32.1 Å². The van der Waals surface area contributed by atoms with Crippen molar-refractivity contribution in [2.24, 2.45) is 22.7 Å². The van der Waals surface area contributed by atoms with Crippen molar-refractivity contribution < 1.29 is 23.5 Å². The Kier molecular flexibility index (Phi) is 3.94. The molecule has 0 heterocycles. The molecule has 7 atom stereocenters. The number of allylic oxidation sites excluding steroid dienone is 6. The molecule has 2 fully saturated rings. The molecule has 2 saturated carbocycles. The Morgan fingerprint density at radius 3 is 2.74 bits per heavy atom. The highest BCUT2D eigenvalue weighted by molar-refractivity contribution is 6.26. The van der Waals surface area contributed by atoms with Crippen molar-refractivity contribution in [3.8, 4) is 0 Å². The van der Waals surface area contributed by atoms with Crippen LogP contribution < -0.4 is 0 Å². The molecule has 0 amide bonds. The number of hydrogen-bond acceptors (Lipinski definition) is 3. The molecule has 27 heavy (non-hydrogen) atoms. The summed E-state index contributed by atoms with van der Waals surface area (Å²) in [7, 11) is 0. The van der Waals surface area contributed by atoms with Crippen LogP contribution in [-0.2, 0) is 9.59 Å². The Bertz CT molecular complexity index is 820. The van der Waals surface area contributed by atoms with Crippen molar-refractivity contribution in [3.05, 3.63) is 36.0 Å². The predicted molar refractivity (Wildman–Crippen MR) is 97.8 cm³/mol. The molecule has 4 aliphatic rings. The lowest BCUT2D eigenvalue weighted by Gasteiger charge is -2.61. The van der Waals surface area contributed by atoms with E-state index in [2.05, 4.69) is 0 Å². The minimum absolute atomic E-state index is 0.106. The largest absolute Gasteiger partial charge is 0.381 e. The van der Waals surface area contributed by atoms with Crippen LogP contribution in [0.1, 0.15) is 33.1 Å². The maximum absolute atomic E-state index is 15.8. The van der Waals surface area contributed by atoms with Gasteiger partial charge in [-0.15, -0.1) is 11.6 Å². The topological polar surface area (TPSA) is 54.4 Å². The second-order valence-electron chi connectivity index (χ2n) is 8.84. The van der Waals surface area contributed by atoms with Gasteiger partial charge in [0.15, 0.2) is 18.2 Å². The van der Waals surface area contributed by atoms with E-state index in [4.69, 9.17) is 11.6 Å². The molecule has 0 spiro atoms. The quantitative estimate of drug-likeness (QED) is 0.725. The molecule has 0 unspecified atom stereocenters. The minimum Gasteiger partial charge on any atom is -0.381 e. The Labute approximate surface area is 162 Å². The van der Waals surface area contributed by atoms with Crippen LogP contribution in [0.15, 0.2) is 36.0 Å². The van der Waals surface area contributed by atoms with Gasteiger partial charge < -0.3 is 5.11 Å². The highest BCUT2D eigenvalue weighted by Crippen LogP contribution is 2.69. The molecule has 0 bridgehead atoms. The lowest BCUT2D eigenvalue weighted by Crippen LogP contribution is -2.66. The number of alkyl halides is 3. The average molecular weight is 397 g/mol. The number of fused-ring (bicyclic) bond motifs is 5. The molecule has 146 valence electrons. The molecule has 4 aliphatic carbocycles. The third kappa shape index (κ3) is 2.05. The van der Waals surface area contributed by atoms with E-state index < -0.39 is 45.9 Å². The number of halogens is 3. The van der Waals surface area contributed by atoms with Crippen molar-refractivity contribution in [1.82, 2.24) is 0 Å². The summed E-state index contributed by atoms with van der Waals surface area (Å²) in [6, 6.07) is 0. The fourth-order valence-corrected chi connectivity index (χ4v) is 6.66. The van der Waals surface area contributed by atoms with Crippen LogP contribution in [-0.4, -0.2) is 40.0 Å². The highest BCUT2D eigenvalue weighted by Gasteiger charge is 2.72. The van der Waals surface area contributed by atoms with Gasteiger partial charge in [-0.2, -0.15) is 0 Å². The number of rotatable bonds is 2. The third-order valence-electron chi connectivity index (χ3n) is 7.90. The van der Waals surface area contributed by atoms with Gasteiger partial charge in [0.05, 0.1) is 4.87 Å². The first-order chi connectivity index (χ1) is 12.5. The molecule has 0 aromatic rings. The first kappa shape index (κ1) is 19.0. The number of hydrogen-bond donors (Lipinski definition) is 1. The number of carbonyl (C=O) groups is 2. The molecule has 0 aliphatic heterocycles. The van der Waals surface area contributed by atoms with Gasteiger partial charge in [0, 0.05) is 16.7 Å². The molecule has 4 rings (SSSR count). The summed E-state index contributed by atoms with van der Waals surface area (Å²) in [5.74, 6) is -1.75. The Morgan fingerprint density at radius 1 is 1.37 bits per heavy atom. The van der Waals surface area contributed by atoms with E-state index in [1.165, 1.54) is 12.2 Å². The van der Waals surface area contributed by atoms with Crippen LogP contribution in [0.2, 0.25) is 0 Å². The SMILES string of the molecule is C[C@]12C=CC(=O)C=C1C=C[C@H]1[C@@H]3CC[C@](O)(C(=O)CF)[C@@]3(C)C[C@H](F)[C@@]12Cl. The Morgan fingerprint density at radius 2 is 2.07 bits per heavy atom. The second-order valence-corrected chi connectivity index (χ2v) is 9.47. The van der Waals surface area contributed by atoms with Gasteiger partial charge in [0.25, 0.3) is 0 Å². The molecule has 3 nitrogen and oxygen atoms in total. The zero-order valence-electron chi connectivity index (χ0n) is 15.3. The van der Waals surface area contributed by atoms with E-state index in [-0.39, 0.29) is 24.5 Å². The zero-order valence-corrected chi connectivity index (χ0v) is 16.1. The first-order valence-corrected chi connectivity index (χ1v) is 9.70. The molecule has 0 saturated heterocycles. The van der Waals surface area contributed by atoms with E-state index in [9.17, 15) is 19.1 Å². The summed E-state index contributed by atoms with van der Waals surface area (Å²) in [5.41, 5.74) is -3.18. The maximum atomic E-state index is 15.8. The van der Waals surface area contributed by atoms with Crippen LogP contribution in [0.5, 0.6) is 0 Å². The Hall–Kier alpha value is -1.33. The summed E-state index contributed by atoms with van der Waals surface area (Å²) in [6.07, 6.45) is 7.10. The van der Waals surface area contributed by atoms with Gasteiger partial charge in [-0.25, -0.2) is 8.78 Å². The van der Waals surface area contributed by atoms with Crippen molar-refractivity contribution in [2.45, 2.75) is 49.8 Å². The normalized spacial score (nSPS) is 50.7. The summed E-state index contributed by atoms with van der Waals surface area (Å²) < 4.78 is 28.9. The average Bonchev–Trinajstić information content (AvgIpc) is 2.88. The van der Waals surface area contributed by atoms with Crippen LogP contribution in [0, 0.1) is 22.7 Å². The number of carbonyl (C=O) groups excluding carboxylic acids is 2. The number of aliphatic hydroxyl groups is 1. The molecule has 1 N–H and O–H groups in total. The Balaban J connectivity index is 1.86. The molecule has 0 aromatic carbocycles. The summed E-state index contributed by atoms with van der Waals surface area (Å²) in [5, 5.41) is 11.0. The van der Waals surface area contributed by atoms with Crippen molar-refractivity contribution in [2.75, 3.05) is 6.67 Å². The van der Waals surface area contributed by atoms with Crippen LogP contribution >= 0.6 is 11.6 Å². The number of ketones is 2. The van der Waals surface area contributed by atoms with Crippen LogP contribution in [0.4, 0.5) is 8.78 Å². The fourth-order valence-electron chi connectivity index (χ4n) is 6.18. The van der Waals surface area contributed by atoms with Gasteiger partial charge in [-0.05, 0) is 42.9 Å². The molecular formula is C21H23ClF2O3. The summed E-state index contributed by atoms with van der Waals surface area (Å²) >= 11 is 7.05. The minimum atomic E-state index is -1.88. The van der Waals surface area contributed by atoms with Crippen molar-refractivity contribution in [3.63, 3.8) is 0 Å². The lowest BCUT2D eigenvalue weighted by molar-refractivity contribution is -0.163. The monoisotopic (exact) mass is 396 g/mol. The van der Waals surface area contributed by atoms with Gasteiger partial charge in [0.1, 0.15) is 11.8 Å². The predicted octanol–water partition coefficient (Wildman–Crippen LogP) is 3.65. The van der Waals surface area contributed by atoms with E-state index in [1.54, 1.807) is 19.1 Å². The third-order valence-corrected chi connectivity index (χ3v) is 8.78. The van der Waals surface area contributed by atoms with Gasteiger partial charge in [0.2, 0.25) is 0 Å². The first-order valence-electron chi connectivity index (χ1n) is 9.33. The zero-order chi connectivity index (χ0) is 19.8. The number of Topliss-reactive ketones (excluding diaryl/α,β-unsaturated/α-hetero) is 1.